The molecule has 0 N–H and O–H groups in total. The second-order valence-corrected chi connectivity index (χ2v) is 9.69. The Morgan fingerprint density at radius 3 is 2.14 bits per heavy atom. The van der Waals surface area contributed by atoms with Crippen LogP contribution in [0.4, 0.5) is 15.3 Å². The van der Waals surface area contributed by atoms with Crippen LogP contribution in [0.2, 0.25) is 0 Å². The summed E-state index contributed by atoms with van der Waals surface area (Å²) in [6.45, 7) is 12.8. The molecule has 198 valence electrons. The van der Waals surface area contributed by atoms with Gasteiger partial charge in [-0.15, -0.1) is 10.2 Å². The Morgan fingerprint density at radius 1 is 1.06 bits per heavy atom. The van der Waals surface area contributed by atoms with Crippen molar-refractivity contribution in [1.29, 1.82) is 0 Å². The molecule has 1 aliphatic rings. The van der Waals surface area contributed by atoms with E-state index in [1.54, 1.807) is 78.8 Å². The fourth-order valence-electron chi connectivity index (χ4n) is 3.19. The van der Waals surface area contributed by atoms with Gasteiger partial charge in [0.05, 0.1) is 12.3 Å². The number of hydroxylamine groups is 2. The Morgan fingerprint density at radius 2 is 1.64 bits per heavy atom. The summed E-state index contributed by atoms with van der Waals surface area (Å²) in [7, 11) is 1.26. The summed E-state index contributed by atoms with van der Waals surface area (Å²) in [5.74, 6) is -1.11. The molecule has 2 rings (SSSR count). The fourth-order valence-corrected chi connectivity index (χ4v) is 3.19. The topological polar surface area (TPSA) is 129 Å². The van der Waals surface area contributed by atoms with Crippen molar-refractivity contribution in [2.75, 3.05) is 18.7 Å². The molecular formula is C24H34N4O8. The van der Waals surface area contributed by atoms with Crippen molar-refractivity contribution in [1.82, 2.24) is 5.06 Å². The number of carbonyl (C=O) groups is 3. The minimum Gasteiger partial charge on any atom is -0.478 e. The maximum atomic E-state index is 14.1. The van der Waals surface area contributed by atoms with E-state index in [-0.39, 0.29) is 18.2 Å². The lowest BCUT2D eigenvalue weighted by molar-refractivity contribution is -0.165. The maximum Gasteiger partial charge on any atom is 0.534 e. The first-order chi connectivity index (χ1) is 16.7. The zero-order valence-electron chi connectivity index (χ0n) is 22.1. The van der Waals surface area contributed by atoms with Crippen LogP contribution >= 0.6 is 0 Å². The average molecular weight is 507 g/mol. The number of rotatable bonds is 5. The molecule has 1 aromatic carbocycles. The molecule has 12 nitrogen and oxygen atoms in total. The highest BCUT2D eigenvalue weighted by Gasteiger charge is 2.65. The first-order valence-electron chi connectivity index (χ1n) is 11.3. The highest BCUT2D eigenvalue weighted by molar-refractivity contribution is 6.36. The van der Waals surface area contributed by atoms with E-state index in [1.807, 2.05) is 0 Å². The number of benzene rings is 1. The molecule has 1 unspecified atom stereocenters. The average Bonchev–Trinajstić information content (AvgIpc) is 3.03. The van der Waals surface area contributed by atoms with Crippen molar-refractivity contribution in [3.8, 4) is 0 Å². The standard InChI is InChI=1S/C24H34N4O8/c1-10-33-18-24(16(2)26-32-9,19(29)27(25-18)17-14-12-11-13-15-17)28(20(30)34-22(3,4)5)36-21(31)35-23(6,7)8/h11-15H,10H2,1-9H3. The van der Waals surface area contributed by atoms with Crippen LogP contribution < -0.4 is 5.01 Å². The van der Waals surface area contributed by atoms with Gasteiger partial charge in [-0.25, -0.2) is 9.59 Å². The first kappa shape index (κ1) is 28.4. The molecule has 0 aliphatic carbocycles. The molecule has 12 heteroatoms. The van der Waals surface area contributed by atoms with E-state index in [0.29, 0.717) is 10.8 Å². The summed E-state index contributed by atoms with van der Waals surface area (Å²) in [6.07, 6.45) is -2.45. The highest BCUT2D eigenvalue weighted by atomic mass is 16.8. The zero-order valence-corrected chi connectivity index (χ0v) is 22.1. The minimum atomic E-state index is -2.30. The molecule has 0 aromatic heterocycles. The van der Waals surface area contributed by atoms with E-state index >= 15 is 0 Å². The van der Waals surface area contributed by atoms with Crippen molar-refractivity contribution < 1.29 is 38.3 Å². The number of carbonyl (C=O) groups excluding carboxylic acids is 3. The van der Waals surface area contributed by atoms with Crippen LogP contribution in [0.25, 0.3) is 0 Å². The van der Waals surface area contributed by atoms with E-state index in [2.05, 4.69) is 10.3 Å². The van der Waals surface area contributed by atoms with Gasteiger partial charge < -0.3 is 19.0 Å². The lowest BCUT2D eigenvalue weighted by atomic mass is 9.92. The Kier molecular flexibility index (Phi) is 8.55. The van der Waals surface area contributed by atoms with Crippen LogP contribution in [0.3, 0.4) is 0 Å². The van der Waals surface area contributed by atoms with Gasteiger partial charge in [-0.1, -0.05) is 23.4 Å². The number of ether oxygens (including phenoxy) is 3. The Bertz CT molecular complexity index is 1030. The molecule has 0 fully saturated rings. The molecule has 0 bridgehead atoms. The lowest BCUT2D eigenvalue weighted by Gasteiger charge is -2.37. The molecule has 1 aromatic rings. The highest BCUT2D eigenvalue weighted by Crippen LogP contribution is 2.35. The molecule has 0 saturated heterocycles. The van der Waals surface area contributed by atoms with Gasteiger partial charge in [0.25, 0.3) is 17.3 Å². The Hall–Kier alpha value is -3.83. The summed E-state index contributed by atoms with van der Waals surface area (Å²) < 4.78 is 16.5. The normalized spacial score (nSPS) is 18.4. The second-order valence-electron chi connectivity index (χ2n) is 9.69. The lowest BCUT2D eigenvalue weighted by Crippen LogP contribution is -2.67. The van der Waals surface area contributed by atoms with Gasteiger partial charge in [0, 0.05) is 0 Å². The third kappa shape index (κ3) is 6.23. The van der Waals surface area contributed by atoms with Crippen LogP contribution in [-0.2, 0) is 28.7 Å². The molecule has 1 heterocycles. The van der Waals surface area contributed by atoms with Gasteiger partial charge in [0.1, 0.15) is 24.0 Å². The summed E-state index contributed by atoms with van der Waals surface area (Å²) in [6, 6.07) is 8.45. The van der Waals surface area contributed by atoms with E-state index in [0.717, 1.165) is 5.01 Å². The van der Waals surface area contributed by atoms with Crippen molar-refractivity contribution in [3.63, 3.8) is 0 Å². The van der Waals surface area contributed by atoms with E-state index < -0.39 is 34.9 Å². The molecule has 2 amide bonds. The quantitative estimate of drug-likeness (QED) is 0.329. The van der Waals surface area contributed by atoms with Crippen molar-refractivity contribution in [2.24, 2.45) is 10.3 Å². The van der Waals surface area contributed by atoms with E-state index in [4.69, 9.17) is 23.9 Å². The van der Waals surface area contributed by atoms with Crippen LogP contribution in [0, 0.1) is 0 Å². The number of oxime groups is 1. The first-order valence-corrected chi connectivity index (χ1v) is 11.3. The Labute approximate surface area is 210 Å². The SMILES string of the molecule is CCOC1=NN(c2ccccc2)C(=O)C1(C(C)=NOC)N(OC(=O)OC(C)(C)C)C(=O)OC(C)(C)C. The molecule has 0 saturated carbocycles. The van der Waals surface area contributed by atoms with E-state index in [1.165, 1.54) is 14.0 Å². The molecular weight excluding hydrogens is 472 g/mol. The maximum absolute atomic E-state index is 14.1. The molecule has 1 atom stereocenters. The number of anilines is 1. The summed E-state index contributed by atoms with van der Waals surface area (Å²) in [5.41, 5.74) is -4.04. The van der Waals surface area contributed by atoms with E-state index in [9.17, 15) is 14.4 Å². The number of amides is 2. The van der Waals surface area contributed by atoms with Crippen LogP contribution in [0.15, 0.2) is 40.6 Å². The zero-order chi connectivity index (χ0) is 27.3. The van der Waals surface area contributed by atoms with Gasteiger partial charge >= 0.3 is 12.2 Å². The third-order valence-corrected chi connectivity index (χ3v) is 4.46. The van der Waals surface area contributed by atoms with Gasteiger partial charge in [-0.2, -0.15) is 5.01 Å². The minimum absolute atomic E-state index is 0.0609. The molecule has 36 heavy (non-hydrogen) atoms. The van der Waals surface area contributed by atoms with Gasteiger partial charge in [-0.05, 0) is 67.5 Å². The second kappa shape index (κ2) is 10.8. The van der Waals surface area contributed by atoms with Crippen molar-refractivity contribution >= 4 is 35.5 Å². The van der Waals surface area contributed by atoms with Crippen LogP contribution in [0.5, 0.6) is 0 Å². The number of hydrazone groups is 1. The van der Waals surface area contributed by atoms with Crippen molar-refractivity contribution in [3.05, 3.63) is 30.3 Å². The van der Waals surface area contributed by atoms with Crippen LogP contribution in [-0.4, -0.2) is 65.3 Å². The third-order valence-electron chi connectivity index (χ3n) is 4.46. The summed E-state index contributed by atoms with van der Waals surface area (Å²) in [4.78, 5) is 50.7. The molecule has 0 spiro atoms. The molecule has 0 radical (unpaired) electrons. The van der Waals surface area contributed by atoms with Gasteiger partial charge in [0.15, 0.2) is 0 Å². The number of para-hydroxylation sites is 1. The Balaban J connectivity index is 2.79. The fraction of sp³-hybridized carbons (Fsp3) is 0.542. The molecule has 1 aliphatic heterocycles. The summed E-state index contributed by atoms with van der Waals surface area (Å²) >= 11 is 0. The largest absolute Gasteiger partial charge is 0.534 e. The number of nitrogens with zero attached hydrogens (tertiary/aromatic N) is 4. The summed E-state index contributed by atoms with van der Waals surface area (Å²) in [5, 5.41) is 9.68. The number of hydrogen-bond donors (Lipinski definition) is 0. The van der Waals surface area contributed by atoms with Gasteiger partial charge in [-0.3, -0.25) is 9.63 Å². The predicted molar refractivity (Wildman–Crippen MR) is 131 cm³/mol. The number of hydrogen-bond acceptors (Lipinski definition) is 10. The monoisotopic (exact) mass is 506 g/mol. The van der Waals surface area contributed by atoms with Crippen molar-refractivity contribution in [2.45, 2.75) is 72.1 Å². The smallest absolute Gasteiger partial charge is 0.478 e. The predicted octanol–water partition coefficient (Wildman–Crippen LogP) is 4.25. The van der Waals surface area contributed by atoms with Gasteiger partial charge in [0.2, 0.25) is 0 Å². The van der Waals surface area contributed by atoms with Crippen LogP contribution in [0.1, 0.15) is 55.4 Å².